The number of hydrogen-bond donors (Lipinski definition) is 0. The van der Waals surface area contributed by atoms with Crippen molar-refractivity contribution in [1.29, 1.82) is 0 Å². The summed E-state index contributed by atoms with van der Waals surface area (Å²) in [5.41, 5.74) is 6.68. The third-order valence-electron chi connectivity index (χ3n) is 4.72. The standard InChI is InChI=1S/C16H32O3Si3/c1-10-16(9)22(13-4)18-20(11-2,14(5)6)17-21(12-3,19-22)15(7)8/h11-16H,2-4,10H2,1,5-9H3. The Morgan fingerprint density at radius 2 is 1.05 bits per heavy atom. The molecule has 0 aromatic carbocycles. The minimum atomic E-state index is -2.58. The predicted octanol–water partition coefficient (Wildman–Crippen LogP) is 5.17. The molecule has 1 aliphatic rings. The van der Waals surface area contributed by atoms with Crippen molar-refractivity contribution in [2.45, 2.75) is 64.6 Å². The summed E-state index contributed by atoms with van der Waals surface area (Å²) in [5.74, 6) is 0. The normalized spacial score (nSPS) is 37.1. The van der Waals surface area contributed by atoms with E-state index in [1.54, 1.807) is 0 Å². The van der Waals surface area contributed by atoms with Crippen LogP contribution in [0.2, 0.25) is 16.6 Å². The molecule has 1 saturated heterocycles. The lowest BCUT2D eigenvalue weighted by Gasteiger charge is -2.54. The van der Waals surface area contributed by atoms with Crippen molar-refractivity contribution < 1.29 is 12.3 Å². The summed E-state index contributed by atoms with van der Waals surface area (Å²) in [6.07, 6.45) is 0.998. The fourth-order valence-corrected chi connectivity index (χ4v) is 19.6. The van der Waals surface area contributed by atoms with Gasteiger partial charge < -0.3 is 12.3 Å². The van der Waals surface area contributed by atoms with Crippen LogP contribution in [0.5, 0.6) is 0 Å². The van der Waals surface area contributed by atoms with Crippen LogP contribution in [0, 0.1) is 0 Å². The molecular weight excluding hydrogens is 324 g/mol. The van der Waals surface area contributed by atoms with Gasteiger partial charge >= 0.3 is 25.7 Å². The first-order valence-corrected chi connectivity index (χ1v) is 14.1. The fraction of sp³-hybridized carbons (Fsp3) is 0.625. The molecule has 0 aliphatic carbocycles. The van der Waals surface area contributed by atoms with Crippen molar-refractivity contribution in [1.82, 2.24) is 0 Å². The second-order valence-corrected chi connectivity index (χ2v) is 18.0. The molecule has 3 nitrogen and oxygen atoms in total. The van der Waals surface area contributed by atoms with Crippen LogP contribution in [-0.4, -0.2) is 25.7 Å². The highest BCUT2D eigenvalue weighted by Crippen LogP contribution is 2.46. The van der Waals surface area contributed by atoms with Gasteiger partial charge in [0.2, 0.25) is 0 Å². The Balaban J connectivity index is 3.52. The Kier molecular flexibility index (Phi) is 6.39. The van der Waals surface area contributed by atoms with Crippen molar-refractivity contribution in [3.63, 3.8) is 0 Å². The molecule has 0 bridgehead atoms. The number of hydrogen-bond acceptors (Lipinski definition) is 3. The lowest BCUT2D eigenvalue weighted by atomic mass is 10.4. The van der Waals surface area contributed by atoms with Gasteiger partial charge in [-0.15, -0.1) is 19.7 Å². The molecule has 3 unspecified atom stereocenters. The van der Waals surface area contributed by atoms with Crippen LogP contribution in [0.3, 0.4) is 0 Å². The molecular formula is C16H32O3Si3. The lowest BCUT2D eigenvalue weighted by Crippen LogP contribution is -2.71. The molecule has 0 spiro atoms. The quantitative estimate of drug-likeness (QED) is 0.589. The zero-order valence-corrected chi connectivity index (χ0v) is 18.0. The highest BCUT2D eigenvalue weighted by atomic mass is 28.5. The Labute approximate surface area is 139 Å². The Morgan fingerprint density at radius 1 is 0.727 bits per heavy atom. The largest absolute Gasteiger partial charge is 0.409 e. The second kappa shape index (κ2) is 7.11. The summed E-state index contributed by atoms with van der Waals surface area (Å²) in [7, 11) is -7.72. The summed E-state index contributed by atoms with van der Waals surface area (Å²) in [6.45, 7) is 25.2. The minimum absolute atomic E-state index is 0.273. The first kappa shape index (κ1) is 19.8. The third-order valence-corrected chi connectivity index (χ3v) is 19.1. The van der Waals surface area contributed by atoms with Gasteiger partial charge in [0.25, 0.3) is 0 Å². The van der Waals surface area contributed by atoms with Gasteiger partial charge in [0.05, 0.1) is 0 Å². The molecule has 1 heterocycles. The molecule has 6 heteroatoms. The predicted molar refractivity (Wildman–Crippen MR) is 101 cm³/mol. The molecule has 0 N–H and O–H groups in total. The van der Waals surface area contributed by atoms with Crippen LogP contribution < -0.4 is 0 Å². The van der Waals surface area contributed by atoms with E-state index in [4.69, 9.17) is 12.3 Å². The van der Waals surface area contributed by atoms with Crippen molar-refractivity contribution in [3.05, 3.63) is 36.8 Å². The summed E-state index contributed by atoms with van der Waals surface area (Å²) in [6, 6.07) is 0. The van der Waals surface area contributed by atoms with E-state index >= 15 is 0 Å². The summed E-state index contributed by atoms with van der Waals surface area (Å²) < 4.78 is 19.9. The molecule has 3 atom stereocenters. The maximum Gasteiger partial charge on any atom is 0.350 e. The van der Waals surface area contributed by atoms with E-state index in [2.05, 4.69) is 61.3 Å². The maximum absolute atomic E-state index is 6.67. The fourth-order valence-electron chi connectivity index (χ4n) is 2.69. The van der Waals surface area contributed by atoms with E-state index in [1.807, 2.05) is 17.1 Å². The van der Waals surface area contributed by atoms with Gasteiger partial charge in [0.1, 0.15) is 0 Å². The molecule has 0 saturated carbocycles. The highest BCUT2D eigenvalue weighted by molar-refractivity contribution is 7.00. The Morgan fingerprint density at radius 3 is 1.27 bits per heavy atom. The average Bonchev–Trinajstić information content (AvgIpc) is 2.52. The molecule has 22 heavy (non-hydrogen) atoms. The van der Waals surface area contributed by atoms with Crippen molar-refractivity contribution in [2.24, 2.45) is 0 Å². The van der Waals surface area contributed by atoms with E-state index in [-0.39, 0.29) is 11.1 Å². The molecule has 0 aromatic heterocycles. The number of rotatable bonds is 7. The van der Waals surface area contributed by atoms with E-state index < -0.39 is 25.7 Å². The van der Waals surface area contributed by atoms with Crippen molar-refractivity contribution in [3.8, 4) is 0 Å². The second-order valence-electron chi connectivity index (χ2n) is 6.70. The van der Waals surface area contributed by atoms with Crippen LogP contribution in [0.1, 0.15) is 48.0 Å². The Hall–Kier alpha value is -0.249. The van der Waals surface area contributed by atoms with Crippen LogP contribution in [0.15, 0.2) is 36.8 Å². The molecule has 1 aliphatic heterocycles. The zero-order chi connectivity index (χ0) is 17.2. The smallest absolute Gasteiger partial charge is 0.350 e. The third kappa shape index (κ3) is 3.18. The van der Waals surface area contributed by atoms with Crippen molar-refractivity contribution in [2.75, 3.05) is 0 Å². The van der Waals surface area contributed by atoms with E-state index in [0.29, 0.717) is 5.54 Å². The molecule has 1 fully saturated rings. The van der Waals surface area contributed by atoms with Crippen LogP contribution in [0.25, 0.3) is 0 Å². The van der Waals surface area contributed by atoms with Crippen LogP contribution in [-0.2, 0) is 12.3 Å². The van der Waals surface area contributed by atoms with Gasteiger partial charge in [0, 0.05) is 5.54 Å². The molecule has 0 radical (unpaired) electrons. The lowest BCUT2D eigenvalue weighted by molar-refractivity contribution is 0.215. The molecule has 1 rings (SSSR count). The van der Waals surface area contributed by atoms with Crippen molar-refractivity contribution >= 4 is 25.7 Å². The zero-order valence-electron chi connectivity index (χ0n) is 15.0. The first-order chi connectivity index (χ1) is 10.2. The van der Waals surface area contributed by atoms with Gasteiger partial charge in [-0.25, -0.2) is 0 Å². The van der Waals surface area contributed by atoms with Gasteiger partial charge in [-0.3, -0.25) is 0 Å². The SMILES string of the molecule is C=C[Si]1(C(C)C)O[Si](C=C)(C(C)C)O[Si](C=C)(C(C)CC)O1. The van der Waals surface area contributed by atoms with Gasteiger partial charge in [-0.2, -0.15) is 0 Å². The topological polar surface area (TPSA) is 27.7 Å². The minimum Gasteiger partial charge on any atom is -0.409 e. The summed E-state index contributed by atoms with van der Waals surface area (Å²) in [5, 5.41) is 0. The van der Waals surface area contributed by atoms with Crippen LogP contribution in [0.4, 0.5) is 0 Å². The van der Waals surface area contributed by atoms with E-state index in [9.17, 15) is 0 Å². The van der Waals surface area contributed by atoms with Gasteiger partial charge in [0.15, 0.2) is 0 Å². The highest BCUT2D eigenvalue weighted by Gasteiger charge is 2.63. The maximum atomic E-state index is 6.67. The molecule has 0 amide bonds. The van der Waals surface area contributed by atoms with Gasteiger partial charge in [-0.05, 0) is 11.1 Å². The van der Waals surface area contributed by atoms with Crippen LogP contribution >= 0.6 is 0 Å². The Bertz CT molecular complexity index is 410. The summed E-state index contributed by atoms with van der Waals surface area (Å²) >= 11 is 0. The average molecular weight is 357 g/mol. The van der Waals surface area contributed by atoms with E-state index in [0.717, 1.165) is 6.42 Å². The molecule has 126 valence electrons. The summed E-state index contributed by atoms with van der Waals surface area (Å²) in [4.78, 5) is 0. The van der Waals surface area contributed by atoms with E-state index in [1.165, 1.54) is 0 Å². The molecule has 0 aromatic rings. The first-order valence-electron chi connectivity index (χ1n) is 8.18. The monoisotopic (exact) mass is 356 g/mol. The van der Waals surface area contributed by atoms with Gasteiger partial charge in [-0.1, -0.05) is 65.1 Å².